The fourth-order valence-corrected chi connectivity index (χ4v) is 1.98. The van der Waals surface area contributed by atoms with E-state index < -0.39 is 0 Å². The molecule has 0 radical (unpaired) electrons. The first kappa shape index (κ1) is 10.4. The van der Waals surface area contributed by atoms with Gasteiger partial charge in [0.25, 0.3) is 0 Å². The molecule has 1 aliphatic rings. The van der Waals surface area contributed by atoms with Crippen molar-refractivity contribution in [3.8, 4) is 0 Å². The van der Waals surface area contributed by atoms with E-state index in [0.29, 0.717) is 18.7 Å². The van der Waals surface area contributed by atoms with E-state index >= 15 is 0 Å². The van der Waals surface area contributed by atoms with Gasteiger partial charge >= 0.3 is 6.09 Å². The third kappa shape index (κ3) is 2.36. The third-order valence-electron chi connectivity index (χ3n) is 2.67. The van der Waals surface area contributed by atoms with Crippen molar-refractivity contribution in [1.29, 1.82) is 0 Å². The molecule has 0 aromatic rings. The first-order valence-electron chi connectivity index (χ1n) is 5.12. The van der Waals surface area contributed by atoms with Gasteiger partial charge < -0.3 is 9.64 Å². The number of ether oxygens (including phenoxy) is 1. The average Bonchev–Trinajstić information content (AvgIpc) is 2.04. The Hall–Kier alpha value is -0.730. The first-order valence-corrected chi connectivity index (χ1v) is 5.12. The van der Waals surface area contributed by atoms with Crippen LogP contribution in [0.5, 0.6) is 0 Å². The number of likely N-dealkylation sites (tertiary alicyclic amines) is 1. The van der Waals surface area contributed by atoms with E-state index in [1.165, 1.54) is 6.42 Å². The Bertz CT molecular complexity index is 172. The van der Waals surface area contributed by atoms with Gasteiger partial charge in [0.1, 0.15) is 0 Å². The molecule has 2 atom stereocenters. The fourth-order valence-electron chi connectivity index (χ4n) is 1.98. The molecule has 1 heterocycles. The predicted octanol–water partition coefficient (Wildman–Crippen LogP) is 2.41. The number of amides is 1. The smallest absolute Gasteiger partial charge is 0.410 e. The zero-order valence-corrected chi connectivity index (χ0v) is 8.75. The molecular weight excluding hydrogens is 166 g/mol. The summed E-state index contributed by atoms with van der Waals surface area (Å²) < 4.78 is 5.01. The number of nitrogens with zero attached hydrogens (tertiary/aromatic N) is 1. The summed E-state index contributed by atoms with van der Waals surface area (Å²) in [4.78, 5) is 13.4. The Morgan fingerprint density at radius 2 is 1.92 bits per heavy atom. The van der Waals surface area contributed by atoms with Crippen LogP contribution in [-0.2, 0) is 4.74 Å². The highest BCUT2D eigenvalue weighted by Crippen LogP contribution is 2.22. The molecule has 3 nitrogen and oxygen atoms in total. The van der Waals surface area contributed by atoms with E-state index in [0.717, 1.165) is 12.8 Å². The highest BCUT2D eigenvalue weighted by Gasteiger charge is 2.29. The molecule has 0 unspecified atom stereocenters. The van der Waals surface area contributed by atoms with Crippen molar-refractivity contribution < 1.29 is 9.53 Å². The van der Waals surface area contributed by atoms with Gasteiger partial charge in [-0.3, -0.25) is 0 Å². The van der Waals surface area contributed by atoms with Gasteiger partial charge in [0.2, 0.25) is 0 Å². The SMILES string of the molecule is CCOC(=O)N1[C@H](C)CCC[C@@H]1C. The summed E-state index contributed by atoms with van der Waals surface area (Å²) in [6.45, 7) is 6.49. The van der Waals surface area contributed by atoms with E-state index in [-0.39, 0.29) is 6.09 Å². The van der Waals surface area contributed by atoms with Gasteiger partial charge in [-0.15, -0.1) is 0 Å². The summed E-state index contributed by atoms with van der Waals surface area (Å²) in [6, 6.07) is 0.672. The number of carbonyl (C=O) groups is 1. The second kappa shape index (κ2) is 4.49. The van der Waals surface area contributed by atoms with Gasteiger partial charge in [0.15, 0.2) is 0 Å². The van der Waals surface area contributed by atoms with Gasteiger partial charge in [-0.2, -0.15) is 0 Å². The summed E-state index contributed by atoms with van der Waals surface area (Å²) in [7, 11) is 0. The van der Waals surface area contributed by atoms with Crippen LogP contribution in [0.1, 0.15) is 40.0 Å². The van der Waals surface area contributed by atoms with E-state index in [1.807, 2.05) is 11.8 Å². The molecule has 1 aliphatic heterocycles. The molecule has 1 fully saturated rings. The normalized spacial score (nSPS) is 28.7. The first-order chi connectivity index (χ1) is 6.16. The largest absolute Gasteiger partial charge is 0.450 e. The van der Waals surface area contributed by atoms with Crippen molar-refractivity contribution in [2.45, 2.75) is 52.1 Å². The number of carbonyl (C=O) groups excluding carboxylic acids is 1. The van der Waals surface area contributed by atoms with Crippen LogP contribution in [0.25, 0.3) is 0 Å². The van der Waals surface area contributed by atoms with Crippen LogP contribution in [0.3, 0.4) is 0 Å². The highest BCUT2D eigenvalue weighted by molar-refractivity contribution is 5.68. The van der Waals surface area contributed by atoms with Crippen LogP contribution in [0.4, 0.5) is 4.79 Å². The Morgan fingerprint density at radius 3 is 2.38 bits per heavy atom. The standard InChI is InChI=1S/C10H19NO2/c1-4-13-10(12)11-8(2)6-5-7-9(11)3/h8-9H,4-7H2,1-3H3/t8-,9+. The van der Waals surface area contributed by atoms with Crippen LogP contribution >= 0.6 is 0 Å². The van der Waals surface area contributed by atoms with Gasteiger partial charge in [-0.05, 0) is 40.0 Å². The maximum absolute atomic E-state index is 11.5. The van der Waals surface area contributed by atoms with E-state index in [1.54, 1.807) is 0 Å². The van der Waals surface area contributed by atoms with Crippen LogP contribution in [0.15, 0.2) is 0 Å². The number of piperidine rings is 1. The van der Waals surface area contributed by atoms with Gasteiger partial charge in [-0.25, -0.2) is 4.79 Å². The van der Waals surface area contributed by atoms with E-state index in [4.69, 9.17) is 4.74 Å². The van der Waals surface area contributed by atoms with Crippen LogP contribution in [0, 0.1) is 0 Å². The lowest BCUT2D eigenvalue weighted by Gasteiger charge is -2.37. The minimum Gasteiger partial charge on any atom is -0.450 e. The molecule has 1 rings (SSSR count). The minimum atomic E-state index is -0.151. The summed E-state index contributed by atoms with van der Waals surface area (Å²) in [5, 5.41) is 0. The topological polar surface area (TPSA) is 29.5 Å². The number of rotatable bonds is 1. The summed E-state index contributed by atoms with van der Waals surface area (Å²) >= 11 is 0. The predicted molar refractivity (Wildman–Crippen MR) is 51.6 cm³/mol. The summed E-state index contributed by atoms with van der Waals surface area (Å²) in [5.74, 6) is 0. The maximum Gasteiger partial charge on any atom is 0.410 e. The molecule has 3 heteroatoms. The van der Waals surface area contributed by atoms with Crippen molar-refractivity contribution in [3.63, 3.8) is 0 Å². The molecule has 0 aromatic heterocycles. The third-order valence-corrected chi connectivity index (χ3v) is 2.67. The van der Waals surface area contributed by atoms with Gasteiger partial charge in [0.05, 0.1) is 6.61 Å². The highest BCUT2D eigenvalue weighted by atomic mass is 16.6. The molecular formula is C10H19NO2. The number of hydrogen-bond acceptors (Lipinski definition) is 2. The fraction of sp³-hybridized carbons (Fsp3) is 0.900. The Labute approximate surface area is 80.1 Å². The molecule has 0 spiro atoms. The Balaban J connectivity index is 2.57. The molecule has 76 valence electrons. The monoisotopic (exact) mass is 185 g/mol. The van der Waals surface area contributed by atoms with Crippen molar-refractivity contribution in [2.75, 3.05) is 6.61 Å². The van der Waals surface area contributed by atoms with Crippen LogP contribution in [0.2, 0.25) is 0 Å². The molecule has 13 heavy (non-hydrogen) atoms. The molecule has 1 saturated heterocycles. The molecule has 0 bridgehead atoms. The molecule has 1 amide bonds. The lowest BCUT2D eigenvalue weighted by atomic mass is 9.98. The quantitative estimate of drug-likeness (QED) is 0.627. The molecule has 0 saturated carbocycles. The Kier molecular flexibility index (Phi) is 3.58. The molecule has 0 N–H and O–H groups in total. The molecule has 0 aromatic carbocycles. The Morgan fingerprint density at radius 1 is 1.38 bits per heavy atom. The van der Waals surface area contributed by atoms with Crippen molar-refractivity contribution in [1.82, 2.24) is 4.90 Å². The summed E-state index contributed by atoms with van der Waals surface area (Å²) in [6.07, 6.45) is 3.27. The lowest BCUT2D eigenvalue weighted by Crippen LogP contribution is -2.47. The minimum absolute atomic E-state index is 0.151. The second-order valence-corrected chi connectivity index (χ2v) is 3.74. The second-order valence-electron chi connectivity index (χ2n) is 3.74. The number of hydrogen-bond donors (Lipinski definition) is 0. The van der Waals surface area contributed by atoms with Crippen LogP contribution in [-0.4, -0.2) is 29.7 Å². The average molecular weight is 185 g/mol. The summed E-state index contributed by atoms with van der Waals surface area (Å²) in [5.41, 5.74) is 0. The molecule has 0 aliphatic carbocycles. The van der Waals surface area contributed by atoms with Crippen molar-refractivity contribution >= 4 is 6.09 Å². The van der Waals surface area contributed by atoms with E-state index in [9.17, 15) is 4.79 Å². The van der Waals surface area contributed by atoms with Crippen LogP contribution < -0.4 is 0 Å². The van der Waals surface area contributed by atoms with Crippen molar-refractivity contribution in [3.05, 3.63) is 0 Å². The zero-order chi connectivity index (χ0) is 9.84. The lowest BCUT2D eigenvalue weighted by molar-refractivity contribution is 0.0585. The maximum atomic E-state index is 11.5. The van der Waals surface area contributed by atoms with Gasteiger partial charge in [0, 0.05) is 12.1 Å². The van der Waals surface area contributed by atoms with E-state index in [2.05, 4.69) is 13.8 Å². The van der Waals surface area contributed by atoms with Crippen molar-refractivity contribution in [2.24, 2.45) is 0 Å². The van der Waals surface area contributed by atoms with Gasteiger partial charge in [-0.1, -0.05) is 0 Å². The zero-order valence-electron chi connectivity index (χ0n) is 8.75.